The van der Waals surface area contributed by atoms with Crippen molar-refractivity contribution in [3.05, 3.63) is 35.9 Å². The molecule has 4 atom stereocenters. The molecule has 4 unspecified atom stereocenters. The van der Waals surface area contributed by atoms with Gasteiger partial charge in [0.15, 0.2) is 0 Å². The predicted octanol–water partition coefficient (Wildman–Crippen LogP) is 1.30. The maximum atomic E-state index is 13.1. The van der Waals surface area contributed by atoms with Crippen molar-refractivity contribution >= 4 is 23.7 Å². The Bertz CT molecular complexity index is 858. The fourth-order valence-electron chi connectivity index (χ4n) is 4.21. The van der Waals surface area contributed by atoms with Crippen molar-refractivity contribution in [3.8, 4) is 0 Å². The van der Waals surface area contributed by atoms with Crippen LogP contribution < -0.4 is 16.4 Å². The van der Waals surface area contributed by atoms with Crippen LogP contribution in [0.25, 0.3) is 0 Å². The number of carbonyl (C=O) groups excluding carboxylic acids is 3. The number of nitrogens with one attached hydrogen (secondary N) is 2. The molecule has 1 aliphatic rings. The summed E-state index contributed by atoms with van der Waals surface area (Å²) in [4.78, 5) is 52.0. The van der Waals surface area contributed by atoms with Crippen LogP contribution in [0.1, 0.15) is 52.5 Å². The van der Waals surface area contributed by atoms with Gasteiger partial charge in [-0.25, -0.2) is 4.79 Å². The Labute approximate surface area is 201 Å². The lowest BCUT2D eigenvalue weighted by molar-refractivity contribution is -0.143. The highest BCUT2D eigenvalue weighted by atomic mass is 16.4. The van der Waals surface area contributed by atoms with E-state index in [-0.39, 0.29) is 24.2 Å². The number of amides is 3. The smallest absolute Gasteiger partial charge is 0.326 e. The second-order valence-corrected chi connectivity index (χ2v) is 9.75. The second-order valence-electron chi connectivity index (χ2n) is 9.75. The molecular formula is C25H38N4O5. The number of nitrogens with zero attached hydrogens (tertiary/aromatic N) is 1. The Morgan fingerprint density at radius 1 is 1.09 bits per heavy atom. The molecule has 2 rings (SSSR count). The number of hydrogen-bond acceptors (Lipinski definition) is 5. The van der Waals surface area contributed by atoms with Crippen molar-refractivity contribution in [1.29, 1.82) is 0 Å². The molecule has 9 heteroatoms. The number of aliphatic carboxylic acids is 1. The van der Waals surface area contributed by atoms with E-state index >= 15 is 0 Å². The standard InChI is InChI=1S/C25H38N4O5/c1-15(2)13-19(25(33)34)27-23(31)21(16(3)4)28-22(30)20-11-8-12-29(20)24(32)18(26)14-17-9-6-5-7-10-17/h5-7,9-10,15-16,18-21H,8,11-14,26H2,1-4H3,(H,27,31)(H,28,30)(H,33,34). The third-order valence-corrected chi connectivity index (χ3v) is 6.02. The number of benzene rings is 1. The summed E-state index contributed by atoms with van der Waals surface area (Å²) < 4.78 is 0. The Morgan fingerprint density at radius 2 is 1.74 bits per heavy atom. The van der Waals surface area contributed by atoms with E-state index in [4.69, 9.17) is 5.73 Å². The van der Waals surface area contributed by atoms with E-state index in [0.717, 1.165) is 5.56 Å². The highest BCUT2D eigenvalue weighted by Crippen LogP contribution is 2.20. The average Bonchev–Trinajstić information content (AvgIpc) is 3.26. The third kappa shape index (κ3) is 7.55. The molecule has 1 heterocycles. The van der Waals surface area contributed by atoms with Gasteiger partial charge in [-0.2, -0.15) is 0 Å². The van der Waals surface area contributed by atoms with Crippen LogP contribution in [0.4, 0.5) is 0 Å². The van der Waals surface area contributed by atoms with Gasteiger partial charge in [0.25, 0.3) is 0 Å². The van der Waals surface area contributed by atoms with E-state index in [0.29, 0.717) is 25.8 Å². The first-order chi connectivity index (χ1) is 16.0. The number of carboxylic acid groups (broad SMARTS) is 1. The number of carbonyl (C=O) groups is 4. The Morgan fingerprint density at radius 3 is 2.29 bits per heavy atom. The third-order valence-electron chi connectivity index (χ3n) is 6.02. The minimum Gasteiger partial charge on any atom is -0.480 e. The molecule has 0 spiro atoms. The molecule has 5 N–H and O–H groups in total. The van der Waals surface area contributed by atoms with Crippen molar-refractivity contribution < 1.29 is 24.3 Å². The van der Waals surface area contributed by atoms with Crippen LogP contribution in [0.3, 0.4) is 0 Å². The average molecular weight is 475 g/mol. The van der Waals surface area contributed by atoms with Gasteiger partial charge < -0.3 is 26.4 Å². The van der Waals surface area contributed by atoms with Crippen LogP contribution in [0.5, 0.6) is 0 Å². The summed E-state index contributed by atoms with van der Waals surface area (Å²) in [5, 5.41) is 14.7. The minimum absolute atomic E-state index is 0.0756. The molecule has 1 saturated heterocycles. The molecule has 0 saturated carbocycles. The molecule has 0 aliphatic carbocycles. The van der Waals surface area contributed by atoms with E-state index in [9.17, 15) is 24.3 Å². The van der Waals surface area contributed by atoms with Crippen LogP contribution in [-0.4, -0.2) is 64.4 Å². The number of nitrogens with two attached hydrogens (primary N) is 1. The summed E-state index contributed by atoms with van der Waals surface area (Å²) in [7, 11) is 0. The number of rotatable bonds is 11. The van der Waals surface area contributed by atoms with Crippen LogP contribution in [0, 0.1) is 11.8 Å². The van der Waals surface area contributed by atoms with Crippen LogP contribution in [-0.2, 0) is 25.6 Å². The van der Waals surface area contributed by atoms with E-state index in [1.807, 2.05) is 44.2 Å². The highest BCUT2D eigenvalue weighted by molar-refractivity contribution is 5.94. The van der Waals surface area contributed by atoms with Gasteiger partial charge in [-0.15, -0.1) is 0 Å². The summed E-state index contributed by atoms with van der Waals surface area (Å²) in [6, 6.07) is 6.01. The molecule has 0 aromatic heterocycles. The highest BCUT2D eigenvalue weighted by Gasteiger charge is 2.38. The first-order valence-electron chi connectivity index (χ1n) is 11.9. The van der Waals surface area contributed by atoms with Gasteiger partial charge >= 0.3 is 5.97 Å². The van der Waals surface area contributed by atoms with Crippen LogP contribution in [0.2, 0.25) is 0 Å². The Balaban J connectivity index is 2.05. The molecule has 188 valence electrons. The monoisotopic (exact) mass is 474 g/mol. The fraction of sp³-hybridized carbons (Fsp3) is 0.600. The lowest BCUT2D eigenvalue weighted by Crippen LogP contribution is -2.58. The molecule has 34 heavy (non-hydrogen) atoms. The number of hydrogen-bond donors (Lipinski definition) is 4. The maximum Gasteiger partial charge on any atom is 0.326 e. The first-order valence-corrected chi connectivity index (χ1v) is 11.9. The van der Waals surface area contributed by atoms with Crippen molar-refractivity contribution in [1.82, 2.24) is 15.5 Å². The number of carboxylic acids is 1. The summed E-state index contributed by atoms with van der Waals surface area (Å²) in [6.45, 7) is 7.72. The Kier molecular flexibility index (Phi) is 10.0. The minimum atomic E-state index is -1.11. The van der Waals surface area contributed by atoms with Crippen molar-refractivity contribution in [2.75, 3.05) is 6.54 Å². The molecule has 3 amide bonds. The van der Waals surface area contributed by atoms with Gasteiger partial charge in [-0.05, 0) is 43.1 Å². The van der Waals surface area contributed by atoms with Gasteiger partial charge in [0.2, 0.25) is 17.7 Å². The van der Waals surface area contributed by atoms with Gasteiger partial charge in [0.05, 0.1) is 6.04 Å². The SMILES string of the molecule is CC(C)CC(NC(=O)C(NC(=O)C1CCCN1C(=O)C(N)Cc1ccccc1)C(C)C)C(=O)O. The molecule has 1 fully saturated rings. The van der Waals surface area contributed by atoms with Crippen LogP contribution in [0.15, 0.2) is 30.3 Å². The molecule has 1 aromatic rings. The first kappa shape index (κ1) is 27.3. The Hall–Kier alpha value is -2.94. The van der Waals surface area contributed by atoms with Crippen molar-refractivity contribution in [2.24, 2.45) is 17.6 Å². The van der Waals surface area contributed by atoms with E-state index in [1.54, 1.807) is 13.8 Å². The summed E-state index contributed by atoms with van der Waals surface area (Å²) >= 11 is 0. The fourth-order valence-corrected chi connectivity index (χ4v) is 4.21. The van der Waals surface area contributed by atoms with E-state index < -0.39 is 42.0 Å². The lowest BCUT2D eigenvalue weighted by Gasteiger charge is -2.30. The van der Waals surface area contributed by atoms with E-state index in [2.05, 4.69) is 10.6 Å². The van der Waals surface area contributed by atoms with Crippen molar-refractivity contribution in [2.45, 2.75) is 77.5 Å². The zero-order valence-electron chi connectivity index (χ0n) is 20.5. The number of likely N-dealkylation sites (tertiary alicyclic amines) is 1. The van der Waals surface area contributed by atoms with Crippen LogP contribution >= 0.6 is 0 Å². The van der Waals surface area contributed by atoms with Gasteiger partial charge in [-0.3, -0.25) is 14.4 Å². The summed E-state index contributed by atoms with van der Waals surface area (Å²) in [5.74, 6) is -2.59. The lowest BCUT2D eigenvalue weighted by atomic mass is 10.00. The van der Waals surface area contributed by atoms with Crippen molar-refractivity contribution in [3.63, 3.8) is 0 Å². The van der Waals surface area contributed by atoms with Gasteiger partial charge in [0.1, 0.15) is 18.1 Å². The maximum absolute atomic E-state index is 13.1. The molecular weight excluding hydrogens is 436 g/mol. The summed E-state index contributed by atoms with van der Waals surface area (Å²) in [6.07, 6.45) is 1.79. The quantitative estimate of drug-likeness (QED) is 0.381. The van der Waals surface area contributed by atoms with E-state index in [1.165, 1.54) is 4.90 Å². The molecule has 1 aliphatic heterocycles. The summed E-state index contributed by atoms with van der Waals surface area (Å²) in [5.41, 5.74) is 7.11. The zero-order chi connectivity index (χ0) is 25.4. The van der Waals surface area contributed by atoms with Gasteiger partial charge in [-0.1, -0.05) is 58.0 Å². The normalized spacial score (nSPS) is 18.4. The molecule has 0 bridgehead atoms. The van der Waals surface area contributed by atoms with Gasteiger partial charge in [0, 0.05) is 6.54 Å². The zero-order valence-corrected chi connectivity index (χ0v) is 20.5. The predicted molar refractivity (Wildman–Crippen MR) is 129 cm³/mol. The molecule has 0 radical (unpaired) electrons. The second kappa shape index (κ2) is 12.5. The topological polar surface area (TPSA) is 142 Å². The largest absolute Gasteiger partial charge is 0.480 e. The molecule has 9 nitrogen and oxygen atoms in total. The molecule has 1 aromatic carbocycles.